The molecule has 11 heteroatoms. The number of halogens is 2. The van der Waals surface area contributed by atoms with E-state index in [9.17, 15) is 28.6 Å². The van der Waals surface area contributed by atoms with Crippen molar-refractivity contribution < 1.29 is 18.3 Å². The molecule has 8 nitrogen and oxygen atoms in total. The third-order valence-electron chi connectivity index (χ3n) is 2.84. The molecule has 0 unspecified atom stereocenters. The Morgan fingerprint density at radius 1 is 1.00 bits per heavy atom. The highest BCUT2D eigenvalue weighted by molar-refractivity contribution is 9.10. The van der Waals surface area contributed by atoms with Gasteiger partial charge in [0.25, 0.3) is 11.4 Å². The van der Waals surface area contributed by atoms with E-state index in [-0.39, 0.29) is 9.50 Å². The second-order valence-corrected chi connectivity index (χ2v) is 7.43. The van der Waals surface area contributed by atoms with Gasteiger partial charge in [-0.05, 0) is 34.1 Å². The van der Waals surface area contributed by atoms with E-state index in [1.54, 1.807) is 0 Å². The minimum atomic E-state index is -4.26. The summed E-state index contributed by atoms with van der Waals surface area (Å²) in [4.78, 5) is 19.3. The van der Waals surface area contributed by atoms with E-state index in [0.717, 1.165) is 30.3 Å². The lowest BCUT2D eigenvalue weighted by atomic mass is 10.3. The summed E-state index contributed by atoms with van der Waals surface area (Å²) < 4.78 is 25.2. The fourth-order valence-electron chi connectivity index (χ4n) is 1.74. The number of rotatable bonds is 4. The van der Waals surface area contributed by atoms with Gasteiger partial charge < -0.3 is 0 Å². The molecule has 0 aromatic heterocycles. The van der Waals surface area contributed by atoms with E-state index in [2.05, 4.69) is 15.9 Å². The second-order valence-electron chi connectivity index (χ2n) is 4.25. The minimum absolute atomic E-state index is 0.103. The van der Waals surface area contributed by atoms with Crippen LogP contribution in [0.4, 0.5) is 11.4 Å². The lowest BCUT2D eigenvalue weighted by Crippen LogP contribution is -2.05. The average Bonchev–Trinajstić information content (AvgIpc) is 2.47. The molecule has 0 aliphatic carbocycles. The molecule has 2 aromatic carbocycles. The third kappa shape index (κ3) is 3.33. The Balaban J connectivity index is 2.68. The molecule has 0 saturated carbocycles. The van der Waals surface area contributed by atoms with Gasteiger partial charge in [0.2, 0.25) is 9.84 Å². The Labute approximate surface area is 143 Å². The Morgan fingerprint density at radius 3 is 2.22 bits per heavy atom. The number of nitro groups is 2. The van der Waals surface area contributed by atoms with E-state index >= 15 is 0 Å². The highest BCUT2D eigenvalue weighted by Crippen LogP contribution is 2.34. The Morgan fingerprint density at radius 2 is 1.65 bits per heavy atom. The van der Waals surface area contributed by atoms with Crippen molar-refractivity contribution >= 4 is 48.7 Å². The summed E-state index contributed by atoms with van der Waals surface area (Å²) in [5.41, 5.74) is -0.910. The van der Waals surface area contributed by atoms with Gasteiger partial charge in [-0.25, -0.2) is 8.42 Å². The zero-order valence-corrected chi connectivity index (χ0v) is 14.1. The first kappa shape index (κ1) is 17.3. The van der Waals surface area contributed by atoms with Gasteiger partial charge in [0.1, 0.15) is 0 Å². The molecule has 0 amide bonds. The number of sulfone groups is 1. The van der Waals surface area contributed by atoms with Gasteiger partial charge in [0.05, 0.1) is 29.1 Å². The minimum Gasteiger partial charge on any atom is -0.258 e. The van der Waals surface area contributed by atoms with Crippen molar-refractivity contribution in [3.05, 3.63) is 66.1 Å². The molecule has 2 rings (SSSR count). The van der Waals surface area contributed by atoms with Gasteiger partial charge in [-0.1, -0.05) is 11.6 Å². The van der Waals surface area contributed by atoms with Crippen LogP contribution in [0.15, 0.2) is 50.7 Å². The summed E-state index contributed by atoms with van der Waals surface area (Å²) in [5, 5.41) is 21.5. The number of non-ortho nitro benzene ring substituents is 1. The molecule has 0 radical (unpaired) electrons. The van der Waals surface area contributed by atoms with Gasteiger partial charge >= 0.3 is 0 Å². The van der Waals surface area contributed by atoms with Crippen LogP contribution in [-0.4, -0.2) is 18.3 Å². The number of benzene rings is 2. The quantitative estimate of drug-likeness (QED) is 0.547. The van der Waals surface area contributed by atoms with Gasteiger partial charge in [0, 0.05) is 18.2 Å². The van der Waals surface area contributed by atoms with Crippen LogP contribution in [0.3, 0.4) is 0 Å². The molecule has 0 heterocycles. The number of nitrogens with zero attached hydrogens (tertiary/aromatic N) is 2. The first-order valence-electron chi connectivity index (χ1n) is 5.77. The van der Waals surface area contributed by atoms with Gasteiger partial charge in [0.15, 0.2) is 0 Å². The zero-order chi connectivity index (χ0) is 17.4. The van der Waals surface area contributed by atoms with E-state index in [0.29, 0.717) is 0 Å². The Hall–Kier alpha value is -2.04. The molecule has 23 heavy (non-hydrogen) atoms. The maximum Gasteiger partial charge on any atom is 0.284 e. The van der Waals surface area contributed by atoms with Crippen LogP contribution in [0, 0.1) is 20.2 Å². The second kappa shape index (κ2) is 6.22. The van der Waals surface area contributed by atoms with E-state index in [4.69, 9.17) is 11.6 Å². The molecule has 120 valence electrons. The summed E-state index contributed by atoms with van der Waals surface area (Å²) in [5.74, 6) is 0. The largest absolute Gasteiger partial charge is 0.284 e. The highest BCUT2D eigenvalue weighted by atomic mass is 79.9. The van der Waals surface area contributed by atoms with E-state index < -0.39 is 40.8 Å². The van der Waals surface area contributed by atoms with Crippen LogP contribution >= 0.6 is 27.5 Å². The van der Waals surface area contributed by atoms with Crippen molar-refractivity contribution in [2.45, 2.75) is 9.79 Å². The maximum atomic E-state index is 12.6. The smallest absolute Gasteiger partial charge is 0.258 e. The van der Waals surface area contributed by atoms with Crippen molar-refractivity contribution in [2.75, 3.05) is 0 Å². The summed E-state index contributed by atoms with van der Waals surface area (Å²) in [7, 11) is -4.26. The molecule has 0 spiro atoms. The van der Waals surface area contributed by atoms with Crippen LogP contribution in [0.5, 0.6) is 0 Å². The molecule has 0 saturated heterocycles. The number of nitro benzene ring substituents is 2. The van der Waals surface area contributed by atoms with Crippen LogP contribution in [0.25, 0.3) is 0 Å². The van der Waals surface area contributed by atoms with Crippen LogP contribution in [-0.2, 0) is 9.84 Å². The topological polar surface area (TPSA) is 120 Å². The molecule has 0 atom stereocenters. The summed E-state index contributed by atoms with van der Waals surface area (Å²) >= 11 is 8.77. The van der Waals surface area contributed by atoms with Crippen LogP contribution in [0.2, 0.25) is 5.02 Å². The molecule has 0 N–H and O–H groups in total. The number of hydrogen-bond acceptors (Lipinski definition) is 6. The first-order chi connectivity index (χ1) is 10.6. The standard InChI is InChI=1S/C12H6BrClN2O6S/c13-9-3-2-8(6-11(9)16(19)20)23(21,22)12-5-7(15(17)18)1-4-10(12)14/h1-6H. The molecular formula is C12H6BrClN2O6S. The SMILES string of the molecule is O=[N+]([O-])c1ccc(Cl)c(S(=O)(=O)c2ccc(Br)c([N+](=O)[O-])c2)c1. The van der Waals surface area contributed by atoms with E-state index in [1.807, 2.05) is 0 Å². The molecule has 0 aliphatic heterocycles. The third-order valence-corrected chi connectivity index (χ3v) is 5.74. The number of hydrogen-bond donors (Lipinski definition) is 0. The van der Waals surface area contributed by atoms with Crippen molar-refractivity contribution in [1.82, 2.24) is 0 Å². The van der Waals surface area contributed by atoms with E-state index in [1.165, 1.54) is 6.07 Å². The molecule has 0 bridgehead atoms. The average molecular weight is 422 g/mol. The van der Waals surface area contributed by atoms with Crippen LogP contribution < -0.4 is 0 Å². The summed E-state index contributed by atoms with van der Waals surface area (Å²) in [6.07, 6.45) is 0. The molecule has 2 aromatic rings. The van der Waals surface area contributed by atoms with Crippen molar-refractivity contribution in [1.29, 1.82) is 0 Å². The Bertz CT molecular complexity index is 931. The predicted octanol–water partition coefficient (Wildman–Crippen LogP) is 3.75. The molecular weight excluding hydrogens is 416 g/mol. The van der Waals surface area contributed by atoms with Crippen molar-refractivity contribution in [3.63, 3.8) is 0 Å². The summed E-state index contributed by atoms with van der Waals surface area (Å²) in [6, 6.07) is 6.16. The van der Waals surface area contributed by atoms with Crippen LogP contribution in [0.1, 0.15) is 0 Å². The zero-order valence-electron chi connectivity index (χ0n) is 11.0. The normalized spacial score (nSPS) is 11.2. The highest BCUT2D eigenvalue weighted by Gasteiger charge is 2.26. The lowest BCUT2D eigenvalue weighted by molar-refractivity contribution is -0.385. The van der Waals surface area contributed by atoms with Crippen molar-refractivity contribution in [3.8, 4) is 0 Å². The predicted molar refractivity (Wildman–Crippen MR) is 84.4 cm³/mol. The fraction of sp³-hybridized carbons (Fsp3) is 0. The fourth-order valence-corrected chi connectivity index (χ4v) is 3.92. The van der Waals surface area contributed by atoms with Gasteiger partial charge in [-0.15, -0.1) is 0 Å². The maximum absolute atomic E-state index is 12.6. The Kier molecular flexibility index (Phi) is 4.68. The van der Waals surface area contributed by atoms with Crippen molar-refractivity contribution in [2.24, 2.45) is 0 Å². The van der Waals surface area contributed by atoms with Gasteiger partial charge in [-0.3, -0.25) is 20.2 Å². The lowest BCUT2D eigenvalue weighted by Gasteiger charge is -2.07. The van der Waals surface area contributed by atoms with Gasteiger partial charge in [-0.2, -0.15) is 0 Å². The first-order valence-corrected chi connectivity index (χ1v) is 8.43. The molecule has 0 aliphatic rings. The molecule has 0 fully saturated rings. The summed E-state index contributed by atoms with van der Waals surface area (Å²) in [6.45, 7) is 0. The monoisotopic (exact) mass is 420 g/mol.